The minimum atomic E-state index is -3.33. The molecule has 0 unspecified atom stereocenters. The number of hydrogen-bond acceptors (Lipinski definition) is 3. The van der Waals surface area contributed by atoms with Crippen molar-refractivity contribution in [1.82, 2.24) is 4.31 Å². The van der Waals surface area contributed by atoms with Gasteiger partial charge in [-0.3, -0.25) is 0 Å². The molecule has 0 radical (unpaired) electrons. The van der Waals surface area contributed by atoms with Crippen molar-refractivity contribution in [3.8, 4) is 0 Å². The summed E-state index contributed by atoms with van der Waals surface area (Å²) in [6.07, 6.45) is 0. The highest BCUT2D eigenvalue weighted by atomic mass is 35.5. The standard InChI is InChI=1S/C11H18N2O2S.ClH/c1-3-13(4-2)16(14,15)11-7-5-10(9-12)6-8-11;/h5-8H,3-4,9,12H2,1-2H3;1H. The molecule has 1 rings (SSSR count). The molecule has 0 fully saturated rings. The van der Waals surface area contributed by atoms with Crippen molar-refractivity contribution in [3.63, 3.8) is 0 Å². The summed E-state index contributed by atoms with van der Waals surface area (Å²) in [5.74, 6) is 0. The molecule has 0 saturated heterocycles. The summed E-state index contributed by atoms with van der Waals surface area (Å²) >= 11 is 0. The maximum atomic E-state index is 12.1. The van der Waals surface area contributed by atoms with E-state index < -0.39 is 10.0 Å². The van der Waals surface area contributed by atoms with Crippen LogP contribution in [0.2, 0.25) is 0 Å². The molecule has 17 heavy (non-hydrogen) atoms. The van der Waals surface area contributed by atoms with Crippen LogP contribution in [-0.4, -0.2) is 25.8 Å². The maximum absolute atomic E-state index is 12.1. The van der Waals surface area contributed by atoms with E-state index in [1.165, 1.54) is 4.31 Å². The lowest BCUT2D eigenvalue weighted by atomic mass is 10.2. The normalized spacial score (nSPS) is 11.3. The molecule has 0 aliphatic heterocycles. The summed E-state index contributed by atoms with van der Waals surface area (Å²) in [4.78, 5) is 0.327. The molecule has 98 valence electrons. The molecule has 1 aromatic carbocycles. The van der Waals surface area contributed by atoms with E-state index >= 15 is 0 Å². The average Bonchev–Trinajstić information content (AvgIpc) is 2.30. The van der Waals surface area contributed by atoms with Crippen LogP contribution in [0.1, 0.15) is 19.4 Å². The van der Waals surface area contributed by atoms with E-state index in [1.807, 2.05) is 13.8 Å². The van der Waals surface area contributed by atoms with Crippen molar-refractivity contribution in [1.29, 1.82) is 0 Å². The first-order valence-corrected chi connectivity index (χ1v) is 6.79. The molecule has 0 amide bonds. The van der Waals surface area contributed by atoms with Crippen LogP contribution in [0.15, 0.2) is 29.2 Å². The van der Waals surface area contributed by atoms with Gasteiger partial charge in [0, 0.05) is 19.6 Å². The van der Waals surface area contributed by atoms with E-state index in [4.69, 9.17) is 5.73 Å². The summed E-state index contributed by atoms with van der Waals surface area (Å²) in [7, 11) is -3.33. The summed E-state index contributed by atoms with van der Waals surface area (Å²) < 4.78 is 25.6. The number of sulfonamides is 1. The number of hydrogen-bond donors (Lipinski definition) is 1. The fraction of sp³-hybridized carbons (Fsp3) is 0.455. The van der Waals surface area contributed by atoms with Crippen molar-refractivity contribution in [2.45, 2.75) is 25.3 Å². The Kier molecular flexibility index (Phi) is 6.70. The molecule has 0 saturated carbocycles. The molecule has 0 aromatic heterocycles. The number of nitrogens with zero attached hydrogens (tertiary/aromatic N) is 1. The molecular formula is C11H19ClN2O2S. The highest BCUT2D eigenvalue weighted by Crippen LogP contribution is 2.15. The van der Waals surface area contributed by atoms with Crippen LogP contribution in [0.4, 0.5) is 0 Å². The van der Waals surface area contributed by atoms with Gasteiger partial charge in [-0.2, -0.15) is 4.31 Å². The Labute approximate surface area is 109 Å². The maximum Gasteiger partial charge on any atom is 0.243 e. The lowest BCUT2D eigenvalue weighted by Gasteiger charge is -2.18. The second kappa shape index (κ2) is 6.96. The summed E-state index contributed by atoms with van der Waals surface area (Å²) in [5, 5.41) is 0. The fourth-order valence-corrected chi connectivity index (χ4v) is 2.97. The smallest absolute Gasteiger partial charge is 0.243 e. The number of benzene rings is 1. The zero-order chi connectivity index (χ0) is 12.2. The highest BCUT2D eigenvalue weighted by Gasteiger charge is 2.20. The van der Waals surface area contributed by atoms with E-state index in [0.717, 1.165) is 5.56 Å². The predicted molar refractivity (Wildman–Crippen MR) is 71.7 cm³/mol. The molecule has 1 aromatic rings. The van der Waals surface area contributed by atoms with Gasteiger partial charge < -0.3 is 5.73 Å². The van der Waals surface area contributed by atoms with E-state index in [9.17, 15) is 8.42 Å². The van der Waals surface area contributed by atoms with Gasteiger partial charge in [0.2, 0.25) is 10.0 Å². The van der Waals surface area contributed by atoms with Crippen LogP contribution in [-0.2, 0) is 16.6 Å². The second-order valence-corrected chi connectivity index (χ2v) is 5.38. The van der Waals surface area contributed by atoms with Gasteiger partial charge in [0.1, 0.15) is 0 Å². The average molecular weight is 279 g/mol. The number of nitrogens with two attached hydrogens (primary N) is 1. The molecule has 0 spiro atoms. The molecule has 0 aliphatic carbocycles. The first-order valence-electron chi connectivity index (χ1n) is 5.35. The van der Waals surface area contributed by atoms with Crippen molar-refractivity contribution in [2.75, 3.05) is 13.1 Å². The summed E-state index contributed by atoms with van der Waals surface area (Å²) in [6, 6.07) is 6.71. The lowest BCUT2D eigenvalue weighted by Crippen LogP contribution is -2.30. The SMILES string of the molecule is CCN(CC)S(=O)(=O)c1ccc(CN)cc1.Cl. The Balaban J connectivity index is 0.00000256. The van der Waals surface area contributed by atoms with Gasteiger partial charge in [-0.25, -0.2) is 8.42 Å². The Morgan fingerprint density at radius 2 is 1.59 bits per heavy atom. The van der Waals surface area contributed by atoms with Crippen LogP contribution < -0.4 is 5.73 Å². The van der Waals surface area contributed by atoms with Crippen LogP contribution in [0.25, 0.3) is 0 Å². The zero-order valence-electron chi connectivity index (χ0n) is 10.1. The van der Waals surface area contributed by atoms with Crippen LogP contribution in [0.3, 0.4) is 0 Å². The summed E-state index contributed by atoms with van der Waals surface area (Å²) in [6.45, 7) is 5.05. The fourth-order valence-electron chi connectivity index (χ4n) is 1.51. The second-order valence-electron chi connectivity index (χ2n) is 3.44. The first-order chi connectivity index (χ1) is 7.56. The largest absolute Gasteiger partial charge is 0.326 e. The number of halogens is 1. The monoisotopic (exact) mass is 278 g/mol. The molecule has 4 nitrogen and oxygen atoms in total. The van der Waals surface area contributed by atoms with Crippen molar-refractivity contribution < 1.29 is 8.42 Å². The third-order valence-electron chi connectivity index (χ3n) is 2.50. The van der Waals surface area contributed by atoms with E-state index in [0.29, 0.717) is 24.5 Å². The van der Waals surface area contributed by atoms with Gasteiger partial charge in [-0.05, 0) is 17.7 Å². The molecule has 0 heterocycles. The topological polar surface area (TPSA) is 63.4 Å². The quantitative estimate of drug-likeness (QED) is 0.890. The van der Waals surface area contributed by atoms with Crippen molar-refractivity contribution >= 4 is 22.4 Å². The Bertz CT molecular complexity index is 427. The van der Waals surface area contributed by atoms with Gasteiger partial charge in [0.15, 0.2) is 0 Å². The predicted octanol–water partition coefficient (Wildman–Crippen LogP) is 1.60. The van der Waals surface area contributed by atoms with Gasteiger partial charge in [0.05, 0.1) is 4.90 Å². The van der Waals surface area contributed by atoms with Crippen LogP contribution in [0.5, 0.6) is 0 Å². The first kappa shape index (κ1) is 16.4. The molecule has 0 aliphatic rings. The molecule has 2 N–H and O–H groups in total. The molecule has 6 heteroatoms. The molecular weight excluding hydrogens is 260 g/mol. The third-order valence-corrected chi connectivity index (χ3v) is 4.57. The van der Waals surface area contributed by atoms with Gasteiger partial charge in [-0.15, -0.1) is 12.4 Å². The zero-order valence-corrected chi connectivity index (χ0v) is 11.7. The lowest BCUT2D eigenvalue weighted by molar-refractivity contribution is 0.445. The van der Waals surface area contributed by atoms with Crippen molar-refractivity contribution in [2.24, 2.45) is 5.73 Å². The van der Waals surface area contributed by atoms with Gasteiger partial charge in [-0.1, -0.05) is 26.0 Å². The highest BCUT2D eigenvalue weighted by molar-refractivity contribution is 7.89. The van der Waals surface area contributed by atoms with E-state index in [2.05, 4.69) is 0 Å². The van der Waals surface area contributed by atoms with Crippen LogP contribution >= 0.6 is 12.4 Å². The summed E-state index contributed by atoms with van der Waals surface area (Å²) in [5.41, 5.74) is 6.39. The van der Waals surface area contributed by atoms with E-state index in [-0.39, 0.29) is 12.4 Å². The Morgan fingerprint density at radius 3 is 1.94 bits per heavy atom. The van der Waals surface area contributed by atoms with Crippen LogP contribution in [0, 0.1) is 0 Å². The van der Waals surface area contributed by atoms with Gasteiger partial charge >= 0.3 is 0 Å². The molecule has 0 atom stereocenters. The van der Waals surface area contributed by atoms with E-state index in [1.54, 1.807) is 24.3 Å². The number of rotatable bonds is 5. The third kappa shape index (κ3) is 3.67. The Hall–Kier alpha value is -0.620. The van der Waals surface area contributed by atoms with Gasteiger partial charge in [0.25, 0.3) is 0 Å². The Morgan fingerprint density at radius 1 is 1.12 bits per heavy atom. The van der Waals surface area contributed by atoms with Crippen molar-refractivity contribution in [3.05, 3.63) is 29.8 Å². The minimum Gasteiger partial charge on any atom is -0.326 e. The molecule has 0 bridgehead atoms. The minimum absolute atomic E-state index is 0.